The summed E-state index contributed by atoms with van der Waals surface area (Å²) in [6, 6.07) is 13.1. The maximum atomic E-state index is 14.7. The van der Waals surface area contributed by atoms with Gasteiger partial charge < -0.3 is 35.1 Å². The summed E-state index contributed by atoms with van der Waals surface area (Å²) in [5.74, 6) is -0.738. The molecule has 0 saturated carbocycles. The van der Waals surface area contributed by atoms with Gasteiger partial charge in [-0.3, -0.25) is 14.4 Å². The Morgan fingerprint density at radius 3 is 2.59 bits per heavy atom. The molecule has 4 aliphatic heterocycles. The first-order chi connectivity index (χ1) is 21.9. The maximum absolute atomic E-state index is 14.7. The van der Waals surface area contributed by atoms with Gasteiger partial charge in [-0.2, -0.15) is 0 Å². The molecule has 0 radical (unpaired) electrons. The molecule has 6 atom stereocenters. The molecular weight excluding hydrogens is 668 g/mol. The summed E-state index contributed by atoms with van der Waals surface area (Å²) in [5, 5.41) is 16.1. The van der Waals surface area contributed by atoms with E-state index in [0.717, 1.165) is 53.5 Å². The molecule has 0 aromatic heterocycles. The SMILES string of the molecule is C[C@@H]1[C@@H]([Si](C)(C)O)[C@H](CC(=O)N2CCC[C@H]2CO)O[C@@]12C(=O)N(Cc1ccc(NC(=O)C3CCCNC3)cc1)c1ccc(Br)cc12. The fourth-order valence-electron chi connectivity index (χ4n) is 8.25. The second-order valence-electron chi connectivity index (χ2n) is 13.9. The molecular formula is C34H45BrN4O6Si. The molecule has 248 valence electrons. The Balaban J connectivity index is 1.26. The summed E-state index contributed by atoms with van der Waals surface area (Å²) in [6.07, 6.45) is 2.86. The van der Waals surface area contributed by atoms with Crippen LogP contribution in [-0.4, -0.2) is 79.2 Å². The molecule has 1 spiro atoms. The van der Waals surface area contributed by atoms with E-state index in [1.54, 1.807) is 9.80 Å². The summed E-state index contributed by atoms with van der Waals surface area (Å²) in [7, 11) is -2.93. The molecule has 12 heteroatoms. The van der Waals surface area contributed by atoms with Gasteiger partial charge in [-0.25, -0.2) is 0 Å². The number of rotatable bonds is 8. The van der Waals surface area contributed by atoms with Crippen molar-refractivity contribution in [2.24, 2.45) is 11.8 Å². The zero-order valence-electron chi connectivity index (χ0n) is 26.8. The normalized spacial score (nSPS) is 29.4. The average Bonchev–Trinajstić information content (AvgIpc) is 3.69. The van der Waals surface area contributed by atoms with Crippen molar-refractivity contribution in [1.29, 1.82) is 0 Å². The highest BCUT2D eigenvalue weighted by Gasteiger charge is 2.66. The Morgan fingerprint density at radius 2 is 1.91 bits per heavy atom. The lowest BCUT2D eigenvalue weighted by Gasteiger charge is -2.32. The molecule has 3 amide bonds. The van der Waals surface area contributed by atoms with E-state index in [4.69, 9.17) is 4.74 Å². The molecule has 3 saturated heterocycles. The van der Waals surface area contributed by atoms with Crippen LogP contribution in [0.4, 0.5) is 11.4 Å². The third-order valence-corrected chi connectivity index (χ3v) is 13.5. The van der Waals surface area contributed by atoms with Crippen molar-refractivity contribution >= 4 is 53.3 Å². The second kappa shape index (κ2) is 13.1. The van der Waals surface area contributed by atoms with E-state index in [0.29, 0.717) is 25.3 Å². The fraction of sp³-hybridized carbons (Fsp3) is 0.559. The van der Waals surface area contributed by atoms with E-state index in [1.807, 2.05) is 62.5 Å². The number of nitrogens with one attached hydrogen (secondary N) is 2. The molecule has 4 aliphatic rings. The highest BCUT2D eigenvalue weighted by Crippen LogP contribution is 2.60. The van der Waals surface area contributed by atoms with Gasteiger partial charge in [0.15, 0.2) is 13.9 Å². The third-order valence-electron chi connectivity index (χ3n) is 10.5. The van der Waals surface area contributed by atoms with Crippen LogP contribution in [0.5, 0.6) is 0 Å². The number of hydrogen-bond acceptors (Lipinski definition) is 7. The smallest absolute Gasteiger partial charge is 0.264 e. The Kier molecular flexibility index (Phi) is 9.50. The molecule has 2 aromatic rings. The first-order valence-corrected chi connectivity index (χ1v) is 20.3. The number of likely N-dealkylation sites (tertiary alicyclic amines) is 1. The Labute approximate surface area is 280 Å². The minimum atomic E-state index is -2.93. The third kappa shape index (κ3) is 6.08. The number of halogens is 1. The van der Waals surface area contributed by atoms with Crippen molar-refractivity contribution in [3.8, 4) is 0 Å². The largest absolute Gasteiger partial charge is 0.432 e. The molecule has 10 nitrogen and oxygen atoms in total. The van der Waals surface area contributed by atoms with Crippen LogP contribution in [0, 0.1) is 11.8 Å². The van der Waals surface area contributed by atoms with Crippen molar-refractivity contribution < 1.29 is 29.0 Å². The van der Waals surface area contributed by atoms with Gasteiger partial charge in [0.05, 0.1) is 43.3 Å². The molecule has 0 aliphatic carbocycles. The predicted octanol–water partition coefficient (Wildman–Crippen LogP) is 4.11. The number of amides is 3. The van der Waals surface area contributed by atoms with Crippen LogP contribution in [0.2, 0.25) is 18.6 Å². The lowest BCUT2D eigenvalue weighted by molar-refractivity contribution is -0.150. The van der Waals surface area contributed by atoms with Crippen molar-refractivity contribution in [2.75, 3.05) is 36.5 Å². The fourth-order valence-corrected chi connectivity index (χ4v) is 11.2. The van der Waals surface area contributed by atoms with E-state index < -0.39 is 20.0 Å². The molecule has 2 aromatic carbocycles. The first-order valence-electron chi connectivity index (χ1n) is 16.5. The summed E-state index contributed by atoms with van der Waals surface area (Å²) >= 11 is 3.60. The average molecular weight is 714 g/mol. The number of aliphatic hydroxyl groups is 1. The van der Waals surface area contributed by atoms with E-state index in [9.17, 15) is 24.3 Å². The van der Waals surface area contributed by atoms with Crippen molar-refractivity contribution in [3.63, 3.8) is 0 Å². The molecule has 4 heterocycles. The monoisotopic (exact) mass is 712 g/mol. The molecule has 46 heavy (non-hydrogen) atoms. The number of ether oxygens (including phenoxy) is 1. The number of nitrogens with zero attached hydrogens (tertiary/aromatic N) is 2. The van der Waals surface area contributed by atoms with Crippen molar-refractivity contribution in [3.05, 3.63) is 58.1 Å². The molecule has 6 rings (SSSR count). The number of fused-ring (bicyclic) bond motifs is 2. The Morgan fingerprint density at radius 1 is 1.15 bits per heavy atom. The van der Waals surface area contributed by atoms with E-state index >= 15 is 0 Å². The topological polar surface area (TPSA) is 131 Å². The predicted molar refractivity (Wildman–Crippen MR) is 182 cm³/mol. The first kappa shape index (κ1) is 33.3. The van der Waals surface area contributed by atoms with Crippen LogP contribution < -0.4 is 15.5 Å². The van der Waals surface area contributed by atoms with Gasteiger partial charge >= 0.3 is 0 Å². The zero-order chi connectivity index (χ0) is 32.8. The van der Waals surface area contributed by atoms with Crippen LogP contribution in [0.25, 0.3) is 0 Å². The minimum Gasteiger partial charge on any atom is -0.432 e. The van der Waals surface area contributed by atoms with Crippen LogP contribution >= 0.6 is 15.9 Å². The number of anilines is 2. The van der Waals surface area contributed by atoms with Crippen LogP contribution in [-0.2, 0) is 31.3 Å². The second-order valence-corrected chi connectivity index (χ2v) is 18.8. The maximum Gasteiger partial charge on any atom is 0.264 e. The number of piperidine rings is 1. The summed E-state index contributed by atoms with van der Waals surface area (Å²) in [6.45, 7) is 8.11. The van der Waals surface area contributed by atoms with Gasteiger partial charge in [0.25, 0.3) is 5.91 Å². The molecule has 4 N–H and O–H groups in total. The van der Waals surface area contributed by atoms with Crippen molar-refractivity contribution in [1.82, 2.24) is 10.2 Å². The number of aliphatic hydroxyl groups excluding tert-OH is 1. The summed E-state index contributed by atoms with van der Waals surface area (Å²) < 4.78 is 7.65. The highest BCUT2D eigenvalue weighted by atomic mass is 79.9. The Bertz CT molecular complexity index is 1480. The minimum absolute atomic E-state index is 0.0121. The summed E-state index contributed by atoms with van der Waals surface area (Å²) in [4.78, 5) is 56.0. The number of benzene rings is 2. The standard InChI is InChI=1S/C34H45BrN4O6Si/c1-21-31(46(2,3)44)29(17-30(41)38-15-5-7-26(38)20-40)45-34(21)27-16-24(35)10-13-28(27)39(33(34)43)19-22-8-11-25(12-9-22)37-32(42)23-6-4-14-36-18-23/h8-13,16,21,23,26,29,31,36,40,44H,4-7,14-15,17-20H2,1-3H3,(H,37,42)/t21-,23?,26+,29+,31-,34+/m1/s1. The quantitative estimate of drug-likeness (QED) is 0.303. The Hall–Kier alpha value is -2.61. The number of carbonyl (C=O) groups is 3. The zero-order valence-corrected chi connectivity index (χ0v) is 29.4. The molecule has 1 unspecified atom stereocenters. The van der Waals surface area contributed by atoms with Gasteiger partial charge in [0.2, 0.25) is 11.8 Å². The van der Waals surface area contributed by atoms with Gasteiger partial charge in [-0.05, 0) is 81.2 Å². The van der Waals surface area contributed by atoms with Gasteiger partial charge in [0.1, 0.15) is 0 Å². The van der Waals surface area contributed by atoms with Crippen LogP contribution in [0.15, 0.2) is 46.9 Å². The molecule has 3 fully saturated rings. The lowest BCUT2D eigenvalue weighted by Crippen LogP contribution is -2.46. The summed E-state index contributed by atoms with van der Waals surface area (Å²) in [5.41, 5.74) is 1.36. The van der Waals surface area contributed by atoms with Crippen LogP contribution in [0.3, 0.4) is 0 Å². The number of carbonyl (C=O) groups excluding carboxylic acids is 3. The molecule has 0 bridgehead atoms. The number of hydrogen-bond donors (Lipinski definition) is 4. The lowest BCUT2D eigenvalue weighted by atomic mass is 9.82. The van der Waals surface area contributed by atoms with Gasteiger partial charge in [-0.15, -0.1) is 0 Å². The van der Waals surface area contributed by atoms with Crippen molar-refractivity contribution in [2.45, 2.75) is 82.0 Å². The van der Waals surface area contributed by atoms with E-state index in [1.165, 1.54) is 0 Å². The highest BCUT2D eigenvalue weighted by molar-refractivity contribution is 9.10. The van der Waals surface area contributed by atoms with Crippen LogP contribution in [0.1, 0.15) is 50.2 Å². The van der Waals surface area contributed by atoms with Gasteiger partial charge in [-0.1, -0.05) is 35.0 Å². The van der Waals surface area contributed by atoms with E-state index in [-0.39, 0.29) is 54.2 Å². The van der Waals surface area contributed by atoms with E-state index in [2.05, 4.69) is 26.6 Å². The van der Waals surface area contributed by atoms with Gasteiger partial charge in [0, 0.05) is 40.3 Å².